The Morgan fingerprint density at radius 3 is 2.60 bits per heavy atom. The predicted molar refractivity (Wildman–Crippen MR) is 149 cm³/mol. The van der Waals surface area contributed by atoms with Crippen molar-refractivity contribution in [1.29, 1.82) is 0 Å². The first-order valence-corrected chi connectivity index (χ1v) is 14.5. The van der Waals surface area contributed by atoms with Crippen molar-refractivity contribution in [1.82, 2.24) is 24.5 Å². The van der Waals surface area contributed by atoms with Crippen LogP contribution in [0.15, 0.2) is 36.4 Å². The highest BCUT2D eigenvalue weighted by atomic mass is 16.5. The molecular formula is C30H41N5O5. The number of amides is 3. The first-order chi connectivity index (χ1) is 19.3. The van der Waals surface area contributed by atoms with Crippen LogP contribution in [0, 0.1) is 5.92 Å². The number of hydrogen-bond acceptors (Lipinski definition) is 6. The second-order valence-corrected chi connectivity index (χ2v) is 10.6. The quantitative estimate of drug-likeness (QED) is 0.420. The van der Waals surface area contributed by atoms with Crippen LogP contribution >= 0.6 is 0 Å². The molecule has 3 amide bonds. The number of rotatable bonds is 10. The van der Waals surface area contributed by atoms with Crippen LogP contribution in [-0.4, -0.2) is 87.0 Å². The number of ether oxygens (including phenoxy) is 1. The van der Waals surface area contributed by atoms with Gasteiger partial charge in [-0.05, 0) is 45.1 Å². The zero-order valence-corrected chi connectivity index (χ0v) is 23.9. The van der Waals surface area contributed by atoms with Gasteiger partial charge in [-0.1, -0.05) is 37.3 Å². The molecule has 2 aliphatic rings. The normalized spacial score (nSPS) is 18.1. The lowest BCUT2D eigenvalue weighted by molar-refractivity contribution is -0.151. The van der Waals surface area contributed by atoms with E-state index >= 15 is 0 Å². The van der Waals surface area contributed by atoms with E-state index in [2.05, 4.69) is 5.10 Å². The molecule has 1 aromatic heterocycles. The zero-order valence-electron chi connectivity index (χ0n) is 23.9. The van der Waals surface area contributed by atoms with Gasteiger partial charge in [-0.25, -0.2) is 0 Å². The van der Waals surface area contributed by atoms with E-state index < -0.39 is 0 Å². The van der Waals surface area contributed by atoms with E-state index in [4.69, 9.17) is 4.74 Å². The molecule has 3 heterocycles. The Hall–Kier alpha value is -3.69. The topological polar surface area (TPSA) is 105 Å². The molecule has 216 valence electrons. The van der Waals surface area contributed by atoms with Gasteiger partial charge in [-0.15, -0.1) is 0 Å². The minimum atomic E-state index is -0.301. The van der Waals surface area contributed by atoms with E-state index in [0.717, 1.165) is 18.4 Å². The Labute approximate surface area is 236 Å². The zero-order chi connectivity index (χ0) is 28.6. The van der Waals surface area contributed by atoms with Gasteiger partial charge in [0.1, 0.15) is 5.69 Å². The van der Waals surface area contributed by atoms with Gasteiger partial charge in [0.15, 0.2) is 5.69 Å². The van der Waals surface area contributed by atoms with E-state index in [0.29, 0.717) is 57.9 Å². The summed E-state index contributed by atoms with van der Waals surface area (Å²) in [7, 11) is 0. The summed E-state index contributed by atoms with van der Waals surface area (Å²) in [5.74, 6) is -1.06. The maximum Gasteiger partial charge on any atom is 0.310 e. The van der Waals surface area contributed by atoms with Crippen LogP contribution in [0.4, 0.5) is 0 Å². The molecule has 40 heavy (non-hydrogen) atoms. The van der Waals surface area contributed by atoms with Crippen molar-refractivity contribution in [3.8, 4) is 0 Å². The highest BCUT2D eigenvalue weighted by molar-refractivity contribution is 5.98. The van der Waals surface area contributed by atoms with Crippen LogP contribution in [0.25, 0.3) is 0 Å². The molecule has 1 fully saturated rings. The van der Waals surface area contributed by atoms with Gasteiger partial charge in [-0.3, -0.25) is 23.9 Å². The van der Waals surface area contributed by atoms with Crippen LogP contribution in [0.1, 0.15) is 79.4 Å². The first-order valence-electron chi connectivity index (χ1n) is 14.5. The average Bonchev–Trinajstić information content (AvgIpc) is 3.35. The molecule has 10 heteroatoms. The van der Waals surface area contributed by atoms with Crippen molar-refractivity contribution >= 4 is 23.7 Å². The van der Waals surface area contributed by atoms with E-state index in [1.54, 1.807) is 32.4 Å². The number of fused-ring (bicyclic) bond motifs is 1. The van der Waals surface area contributed by atoms with Crippen LogP contribution in [0.2, 0.25) is 0 Å². The number of nitrogens with zero attached hydrogens (tertiary/aromatic N) is 5. The third-order valence-corrected chi connectivity index (χ3v) is 7.86. The van der Waals surface area contributed by atoms with Gasteiger partial charge < -0.3 is 19.4 Å². The molecular weight excluding hydrogens is 510 g/mol. The largest absolute Gasteiger partial charge is 0.466 e. The number of piperidine rings is 1. The van der Waals surface area contributed by atoms with Crippen LogP contribution < -0.4 is 0 Å². The summed E-state index contributed by atoms with van der Waals surface area (Å²) in [6, 6.07) is 11.3. The molecule has 4 rings (SSSR count). The third kappa shape index (κ3) is 6.89. The number of aromatic nitrogens is 2. The number of hydrogen-bond donors (Lipinski definition) is 0. The molecule has 0 spiro atoms. The second kappa shape index (κ2) is 13.6. The van der Waals surface area contributed by atoms with Gasteiger partial charge >= 0.3 is 5.97 Å². The number of likely N-dealkylation sites (tertiary alicyclic amines) is 1. The van der Waals surface area contributed by atoms with Crippen molar-refractivity contribution in [2.75, 3.05) is 32.8 Å². The van der Waals surface area contributed by atoms with Crippen LogP contribution in [0.5, 0.6) is 0 Å². The van der Waals surface area contributed by atoms with Crippen LogP contribution in [-0.2, 0) is 27.4 Å². The lowest BCUT2D eigenvalue weighted by Crippen LogP contribution is -2.45. The molecule has 0 unspecified atom stereocenters. The summed E-state index contributed by atoms with van der Waals surface area (Å²) in [4.78, 5) is 57.6. The van der Waals surface area contributed by atoms with Crippen molar-refractivity contribution in [2.45, 2.75) is 72.0 Å². The van der Waals surface area contributed by atoms with Gasteiger partial charge in [0.05, 0.1) is 12.5 Å². The number of carbonyl (C=O) groups is 4. The minimum absolute atomic E-state index is 0.0811. The lowest BCUT2D eigenvalue weighted by atomic mass is 9.98. The standard InChI is InChI=1S/C30H41N5O5/c1-4-22(3)34(18-14-27(36)32-15-9-13-24(21-32)30(39)40-5-2)28(37)25-19-26-29(38)33(16-10-17-35(26)31-25)20-23-11-7-6-8-12-23/h6-8,11-12,19,22,24H,4-5,9-10,13-18,20-21H2,1-3H3/t22-,24-/m0/s1. The molecule has 2 aromatic rings. The van der Waals surface area contributed by atoms with Gasteiger partial charge in [-0.2, -0.15) is 5.10 Å². The highest BCUT2D eigenvalue weighted by Gasteiger charge is 2.32. The maximum atomic E-state index is 13.7. The summed E-state index contributed by atoms with van der Waals surface area (Å²) in [6.07, 6.45) is 3.08. The van der Waals surface area contributed by atoms with E-state index in [-0.39, 0.29) is 54.3 Å². The van der Waals surface area contributed by atoms with Gasteiger partial charge in [0.2, 0.25) is 5.91 Å². The van der Waals surface area contributed by atoms with Crippen molar-refractivity contribution < 1.29 is 23.9 Å². The summed E-state index contributed by atoms with van der Waals surface area (Å²) in [6.45, 7) is 8.91. The van der Waals surface area contributed by atoms with E-state index in [1.165, 1.54) is 0 Å². The SMILES string of the molecule is CCOC(=O)[C@H]1CCCN(C(=O)CCN(C(=O)c2cc3n(n2)CCCN(Cc2ccccc2)C3=O)[C@@H](C)CC)C1. The molecule has 0 bridgehead atoms. The summed E-state index contributed by atoms with van der Waals surface area (Å²) in [5.41, 5.74) is 1.68. The minimum Gasteiger partial charge on any atom is -0.466 e. The molecule has 1 aromatic carbocycles. The molecule has 2 atom stereocenters. The number of esters is 1. The summed E-state index contributed by atoms with van der Waals surface area (Å²) in [5, 5.41) is 4.54. The van der Waals surface area contributed by atoms with Crippen molar-refractivity contribution in [3.05, 3.63) is 53.3 Å². The number of aryl methyl sites for hydroxylation is 1. The monoisotopic (exact) mass is 551 g/mol. The Bertz CT molecular complexity index is 1200. The molecule has 10 nitrogen and oxygen atoms in total. The smallest absolute Gasteiger partial charge is 0.310 e. The second-order valence-electron chi connectivity index (χ2n) is 10.6. The predicted octanol–water partition coefficient (Wildman–Crippen LogP) is 3.36. The summed E-state index contributed by atoms with van der Waals surface area (Å²) < 4.78 is 6.80. The highest BCUT2D eigenvalue weighted by Crippen LogP contribution is 2.21. The molecule has 0 N–H and O–H groups in total. The fraction of sp³-hybridized carbons (Fsp3) is 0.567. The average molecular weight is 552 g/mol. The number of benzene rings is 1. The Kier molecular flexibility index (Phi) is 9.95. The van der Waals surface area contributed by atoms with E-state index in [9.17, 15) is 19.2 Å². The Morgan fingerprint density at radius 2 is 1.88 bits per heavy atom. The Morgan fingerprint density at radius 1 is 1.10 bits per heavy atom. The molecule has 0 aliphatic carbocycles. The summed E-state index contributed by atoms with van der Waals surface area (Å²) >= 11 is 0. The third-order valence-electron chi connectivity index (χ3n) is 7.86. The molecule has 2 aliphatic heterocycles. The molecule has 0 radical (unpaired) electrons. The first kappa shape index (κ1) is 29.3. The van der Waals surface area contributed by atoms with Crippen LogP contribution in [0.3, 0.4) is 0 Å². The Balaban J connectivity index is 1.43. The van der Waals surface area contributed by atoms with Gasteiger partial charge in [0, 0.05) is 57.8 Å². The fourth-order valence-electron chi connectivity index (χ4n) is 5.41. The van der Waals surface area contributed by atoms with E-state index in [1.807, 2.05) is 44.2 Å². The van der Waals surface area contributed by atoms with Gasteiger partial charge in [0.25, 0.3) is 11.8 Å². The number of carbonyl (C=O) groups excluding carboxylic acids is 4. The molecule has 0 saturated carbocycles. The van der Waals surface area contributed by atoms with Crippen molar-refractivity contribution in [2.24, 2.45) is 5.92 Å². The fourth-order valence-corrected chi connectivity index (χ4v) is 5.41. The molecule has 1 saturated heterocycles. The lowest BCUT2D eigenvalue weighted by Gasteiger charge is -2.33. The maximum absolute atomic E-state index is 13.7. The van der Waals surface area contributed by atoms with Crippen molar-refractivity contribution in [3.63, 3.8) is 0 Å².